The van der Waals surface area contributed by atoms with Gasteiger partial charge in [0.2, 0.25) is 0 Å². The van der Waals surface area contributed by atoms with Crippen molar-refractivity contribution in [1.29, 1.82) is 0 Å². The normalized spacial score (nSPS) is 11.5. The summed E-state index contributed by atoms with van der Waals surface area (Å²) in [5.74, 6) is -0.609. The van der Waals surface area contributed by atoms with Crippen LogP contribution in [0.1, 0.15) is 11.1 Å². The molecule has 0 heterocycles. The highest BCUT2D eigenvalue weighted by Crippen LogP contribution is 2.36. The van der Waals surface area contributed by atoms with Gasteiger partial charge < -0.3 is 5.32 Å². The van der Waals surface area contributed by atoms with E-state index in [4.69, 9.17) is 11.6 Å². The SMILES string of the molecule is Fc1cc(CNc2ccc(Br)cc2C(F)(F)F)ccc1Cl. The van der Waals surface area contributed by atoms with Crippen LogP contribution < -0.4 is 5.32 Å². The third kappa shape index (κ3) is 4.11. The van der Waals surface area contributed by atoms with Gasteiger partial charge in [-0.2, -0.15) is 13.2 Å². The second kappa shape index (κ2) is 6.23. The van der Waals surface area contributed by atoms with E-state index < -0.39 is 17.6 Å². The van der Waals surface area contributed by atoms with Gasteiger partial charge in [-0.3, -0.25) is 0 Å². The van der Waals surface area contributed by atoms with Crippen molar-refractivity contribution in [2.75, 3.05) is 5.32 Å². The molecule has 0 atom stereocenters. The number of benzene rings is 2. The van der Waals surface area contributed by atoms with E-state index >= 15 is 0 Å². The number of hydrogen-bond acceptors (Lipinski definition) is 1. The average molecular weight is 383 g/mol. The van der Waals surface area contributed by atoms with Crippen molar-refractivity contribution in [2.45, 2.75) is 12.7 Å². The zero-order valence-electron chi connectivity index (χ0n) is 10.4. The molecule has 7 heteroatoms. The zero-order chi connectivity index (χ0) is 15.6. The summed E-state index contributed by atoms with van der Waals surface area (Å²) >= 11 is 8.56. The predicted molar refractivity (Wildman–Crippen MR) is 77.9 cm³/mol. The lowest BCUT2D eigenvalue weighted by Crippen LogP contribution is -2.11. The molecule has 0 bridgehead atoms. The Labute approximate surface area is 132 Å². The van der Waals surface area contributed by atoms with Crippen LogP contribution in [0.25, 0.3) is 0 Å². The summed E-state index contributed by atoms with van der Waals surface area (Å²) in [7, 11) is 0. The molecular formula is C14H9BrClF4N. The largest absolute Gasteiger partial charge is 0.418 e. The van der Waals surface area contributed by atoms with Crippen molar-refractivity contribution in [2.24, 2.45) is 0 Å². The summed E-state index contributed by atoms with van der Waals surface area (Å²) < 4.78 is 52.4. The standard InChI is InChI=1S/C14H9BrClF4N/c15-9-2-4-13(10(6-9)14(18,19)20)21-7-8-1-3-11(16)12(17)5-8/h1-6,21H,7H2. The van der Waals surface area contributed by atoms with Crippen molar-refractivity contribution in [1.82, 2.24) is 0 Å². The summed E-state index contributed by atoms with van der Waals surface area (Å²) in [6.45, 7) is 0.0544. The van der Waals surface area contributed by atoms with Gasteiger partial charge in [-0.05, 0) is 35.9 Å². The summed E-state index contributed by atoms with van der Waals surface area (Å²) in [5.41, 5.74) is -0.361. The van der Waals surface area contributed by atoms with Crippen LogP contribution in [-0.2, 0) is 12.7 Å². The summed E-state index contributed by atoms with van der Waals surface area (Å²) in [6.07, 6.45) is -4.47. The Kier molecular flexibility index (Phi) is 4.78. The van der Waals surface area contributed by atoms with E-state index in [9.17, 15) is 17.6 Å². The number of anilines is 1. The molecule has 2 rings (SSSR count). The van der Waals surface area contributed by atoms with Gasteiger partial charge in [0.15, 0.2) is 0 Å². The minimum absolute atomic E-state index is 0.0293. The first-order valence-corrected chi connectivity index (χ1v) is 6.99. The van der Waals surface area contributed by atoms with Gasteiger partial charge in [0.05, 0.1) is 10.6 Å². The molecule has 112 valence electrons. The molecule has 0 spiro atoms. The fourth-order valence-corrected chi connectivity index (χ4v) is 2.23. The molecule has 0 aliphatic heterocycles. The van der Waals surface area contributed by atoms with Crippen molar-refractivity contribution in [3.63, 3.8) is 0 Å². The van der Waals surface area contributed by atoms with E-state index in [1.54, 1.807) is 6.07 Å². The van der Waals surface area contributed by atoms with Gasteiger partial charge in [-0.1, -0.05) is 33.6 Å². The maximum atomic E-state index is 13.3. The monoisotopic (exact) mass is 381 g/mol. The molecule has 0 aromatic heterocycles. The predicted octanol–water partition coefficient (Wildman–Crippen LogP) is 5.87. The second-order valence-electron chi connectivity index (χ2n) is 4.29. The Morgan fingerprint density at radius 2 is 1.81 bits per heavy atom. The number of alkyl halides is 3. The molecule has 2 aromatic rings. The van der Waals surface area contributed by atoms with E-state index in [1.807, 2.05) is 0 Å². The lowest BCUT2D eigenvalue weighted by atomic mass is 10.1. The van der Waals surface area contributed by atoms with E-state index in [2.05, 4.69) is 21.2 Å². The van der Waals surface area contributed by atoms with Crippen LogP contribution in [0.2, 0.25) is 5.02 Å². The number of halogens is 6. The van der Waals surface area contributed by atoms with Crippen molar-refractivity contribution in [3.05, 3.63) is 62.8 Å². The van der Waals surface area contributed by atoms with Gasteiger partial charge >= 0.3 is 6.18 Å². The lowest BCUT2D eigenvalue weighted by Gasteiger charge is -2.15. The van der Waals surface area contributed by atoms with Crippen LogP contribution in [0.3, 0.4) is 0 Å². The minimum atomic E-state index is -4.47. The van der Waals surface area contributed by atoms with E-state index in [1.165, 1.54) is 24.3 Å². The van der Waals surface area contributed by atoms with Crippen molar-refractivity contribution in [3.8, 4) is 0 Å². The highest BCUT2D eigenvalue weighted by Gasteiger charge is 2.33. The summed E-state index contributed by atoms with van der Waals surface area (Å²) in [4.78, 5) is 0. The number of rotatable bonds is 3. The Bertz CT molecular complexity index is 658. The molecule has 1 nitrogen and oxygen atoms in total. The first-order valence-electron chi connectivity index (χ1n) is 5.82. The summed E-state index contributed by atoms with van der Waals surface area (Å²) in [6, 6.07) is 7.90. The maximum absolute atomic E-state index is 13.3. The van der Waals surface area contributed by atoms with Crippen LogP contribution >= 0.6 is 27.5 Å². The quantitative estimate of drug-likeness (QED) is 0.654. The second-order valence-corrected chi connectivity index (χ2v) is 5.61. The Morgan fingerprint density at radius 1 is 1.10 bits per heavy atom. The molecule has 0 saturated carbocycles. The summed E-state index contributed by atoms with van der Waals surface area (Å²) in [5, 5.41) is 2.63. The molecule has 0 saturated heterocycles. The minimum Gasteiger partial charge on any atom is -0.380 e. The van der Waals surface area contributed by atoms with Crippen LogP contribution in [0, 0.1) is 5.82 Å². The molecule has 2 aromatic carbocycles. The molecule has 0 unspecified atom stereocenters. The van der Waals surface area contributed by atoms with Gasteiger partial charge in [0, 0.05) is 16.7 Å². The molecule has 1 N–H and O–H groups in total. The van der Waals surface area contributed by atoms with Gasteiger partial charge in [0.1, 0.15) is 5.82 Å². The van der Waals surface area contributed by atoms with Crippen LogP contribution in [0.4, 0.5) is 23.2 Å². The number of hydrogen-bond donors (Lipinski definition) is 1. The van der Waals surface area contributed by atoms with Gasteiger partial charge in [0.25, 0.3) is 0 Å². The molecule has 21 heavy (non-hydrogen) atoms. The number of nitrogens with one attached hydrogen (secondary N) is 1. The highest BCUT2D eigenvalue weighted by atomic mass is 79.9. The first kappa shape index (κ1) is 16.1. The third-order valence-corrected chi connectivity index (χ3v) is 3.55. The van der Waals surface area contributed by atoms with Crippen molar-refractivity contribution >= 4 is 33.2 Å². The Balaban J connectivity index is 2.22. The highest BCUT2D eigenvalue weighted by molar-refractivity contribution is 9.10. The van der Waals surface area contributed by atoms with E-state index in [-0.39, 0.29) is 17.3 Å². The lowest BCUT2D eigenvalue weighted by molar-refractivity contribution is -0.137. The average Bonchev–Trinajstić information content (AvgIpc) is 2.40. The topological polar surface area (TPSA) is 12.0 Å². The maximum Gasteiger partial charge on any atom is 0.418 e. The molecule has 0 amide bonds. The molecule has 0 aliphatic carbocycles. The van der Waals surface area contributed by atoms with E-state index in [0.29, 0.717) is 10.0 Å². The van der Waals surface area contributed by atoms with Crippen LogP contribution in [-0.4, -0.2) is 0 Å². The smallest absolute Gasteiger partial charge is 0.380 e. The first-order chi connectivity index (χ1) is 9.77. The van der Waals surface area contributed by atoms with Crippen molar-refractivity contribution < 1.29 is 17.6 Å². The third-order valence-electron chi connectivity index (χ3n) is 2.75. The fourth-order valence-electron chi connectivity index (χ4n) is 1.75. The Morgan fingerprint density at radius 3 is 2.43 bits per heavy atom. The van der Waals surface area contributed by atoms with Crippen LogP contribution in [0.15, 0.2) is 40.9 Å². The van der Waals surface area contributed by atoms with E-state index in [0.717, 1.165) is 6.07 Å². The molecule has 0 radical (unpaired) electrons. The van der Waals surface area contributed by atoms with Crippen LogP contribution in [0.5, 0.6) is 0 Å². The zero-order valence-corrected chi connectivity index (χ0v) is 12.8. The molecular weight excluding hydrogens is 374 g/mol. The fraction of sp³-hybridized carbons (Fsp3) is 0.143. The Hall–Kier alpha value is -1.27. The van der Waals surface area contributed by atoms with Gasteiger partial charge in [-0.15, -0.1) is 0 Å². The molecule has 0 aliphatic rings. The van der Waals surface area contributed by atoms with Gasteiger partial charge in [-0.25, -0.2) is 4.39 Å². The molecule has 0 fully saturated rings.